The Labute approximate surface area is 113 Å². The second-order valence-electron chi connectivity index (χ2n) is 4.70. The Morgan fingerprint density at radius 1 is 1.16 bits per heavy atom. The van der Waals surface area contributed by atoms with Crippen molar-refractivity contribution in [3.05, 3.63) is 29.8 Å². The molecule has 5 nitrogen and oxygen atoms in total. The van der Waals surface area contributed by atoms with Crippen LogP contribution in [-0.2, 0) is 4.79 Å². The van der Waals surface area contributed by atoms with Crippen LogP contribution in [0.3, 0.4) is 0 Å². The Kier molecular flexibility index (Phi) is 5.85. The Balaban J connectivity index is 2.23. The summed E-state index contributed by atoms with van der Waals surface area (Å²) in [5, 5.41) is 8.14. The lowest BCUT2D eigenvalue weighted by molar-refractivity contribution is -0.123. The Bertz CT molecular complexity index is 444. The second-order valence-corrected chi connectivity index (χ2v) is 4.70. The van der Waals surface area contributed by atoms with Crippen LogP contribution in [0.4, 0.5) is 10.5 Å². The van der Waals surface area contributed by atoms with Gasteiger partial charge < -0.3 is 16.0 Å². The van der Waals surface area contributed by atoms with E-state index in [0.29, 0.717) is 13.1 Å². The molecule has 0 fully saturated rings. The van der Waals surface area contributed by atoms with E-state index in [1.54, 1.807) is 0 Å². The Morgan fingerprint density at radius 3 is 2.47 bits per heavy atom. The maximum Gasteiger partial charge on any atom is 0.319 e. The first-order chi connectivity index (χ1) is 8.99. The lowest BCUT2D eigenvalue weighted by Crippen LogP contribution is -2.38. The highest BCUT2D eigenvalue weighted by atomic mass is 16.2. The zero-order valence-corrected chi connectivity index (χ0v) is 11.6. The summed E-state index contributed by atoms with van der Waals surface area (Å²) in [6.45, 7) is 6.44. The van der Waals surface area contributed by atoms with Gasteiger partial charge in [-0.25, -0.2) is 4.79 Å². The van der Waals surface area contributed by atoms with Gasteiger partial charge in [-0.2, -0.15) is 0 Å². The molecule has 0 atom stereocenters. The molecular weight excluding hydrogens is 242 g/mol. The number of anilines is 1. The molecule has 1 aromatic rings. The quantitative estimate of drug-likeness (QED) is 0.710. The van der Waals surface area contributed by atoms with E-state index in [-0.39, 0.29) is 17.9 Å². The van der Waals surface area contributed by atoms with Gasteiger partial charge in [-0.1, -0.05) is 26.0 Å². The van der Waals surface area contributed by atoms with Crippen molar-refractivity contribution in [2.24, 2.45) is 5.92 Å². The Morgan fingerprint density at radius 2 is 1.84 bits per heavy atom. The molecule has 19 heavy (non-hydrogen) atoms. The summed E-state index contributed by atoms with van der Waals surface area (Å²) < 4.78 is 0. The lowest BCUT2D eigenvalue weighted by Gasteiger charge is -2.10. The largest absolute Gasteiger partial charge is 0.354 e. The normalized spacial score (nSPS) is 10.1. The minimum absolute atomic E-state index is 0.0131. The average Bonchev–Trinajstić information content (AvgIpc) is 2.34. The monoisotopic (exact) mass is 263 g/mol. The first-order valence-corrected chi connectivity index (χ1v) is 6.38. The zero-order chi connectivity index (χ0) is 14.3. The lowest BCUT2D eigenvalue weighted by atomic mass is 10.2. The van der Waals surface area contributed by atoms with E-state index in [2.05, 4.69) is 16.0 Å². The summed E-state index contributed by atoms with van der Waals surface area (Å²) in [7, 11) is 0. The van der Waals surface area contributed by atoms with Crippen LogP contribution in [-0.4, -0.2) is 25.0 Å². The SMILES string of the molecule is Cc1cccc(NC(=O)NCCNC(=O)C(C)C)c1. The first kappa shape index (κ1) is 15.0. The third-order valence-electron chi connectivity index (χ3n) is 2.51. The Hall–Kier alpha value is -2.04. The molecule has 0 radical (unpaired) electrons. The van der Waals surface area contributed by atoms with Gasteiger partial charge in [0.05, 0.1) is 0 Å². The van der Waals surface area contributed by atoms with Crippen molar-refractivity contribution in [2.45, 2.75) is 20.8 Å². The van der Waals surface area contributed by atoms with E-state index in [0.717, 1.165) is 11.3 Å². The summed E-state index contributed by atoms with van der Waals surface area (Å²) in [5.74, 6) is -0.0537. The smallest absolute Gasteiger partial charge is 0.319 e. The molecule has 0 bridgehead atoms. The molecular formula is C14H21N3O2. The number of hydrogen-bond donors (Lipinski definition) is 3. The fraction of sp³-hybridized carbons (Fsp3) is 0.429. The number of carbonyl (C=O) groups excluding carboxylic acids is 2. The second kappa shape index (κ2) is 7.41. The van der Waals surface area contributed by atoms with E-state index >= 15 is 0 Å². The van der Waals surface area contributed by atoms with Crippen LogP contribution >= 0.6 is 0 Å². The fourth-order valence-corrected chi connectivity index (χ4v) is 1.46. The number of urea groups is 1. The molecule has 1 rings (SSSR count). The van der Waals surface area contributed by atoms with Crippen molar-refractivity contribution in [3.8, 4) is 0 Å². The maximum atomic E-state index is 11.6. The highest BCUT2D eigenvalue weighted by molar-refractivity contribution is 5.89. The molecule has 3 N–H and O–H groups in total. The van der Waals surface area contributed by atoms with Crippen LogP contribution < -0.4 is 16.0 Å². The molecule has 0 aliphatic rings. The van der Waals surface area contributed by atoms with Gasteiger partial charge >= 0.3 is 6.03 Å². The van der Waals surface area contributed by atoms with E-state index in [1.165, 1.54) is 0 Å². The van der Waals surface area contributed by atoms with E-state index in [9.17, 15) is 9.59 Å². The number of aryl methyl sites for hydroxylation is 1. The molecule has 0 aliphatic carbocycles. The van der Waals surface area contributed by atoms with Gasteiger partial charge in [0, 0.05) is 24.7 Å². The number of hydrogen-bond acceptors (Lipinski definition) is 2. The number of nitrogens with one attached hydrogen (secondary N) is 3. The van der Waals surface area contributed by atoms with Crippen molar-refractivity contribution in [2.75, 3.05) is 18.4 Å². The summed E-state index contributed by atoms with van der Waals surface area (Å²) in [5.41, 5.74) is 1.84. The maximum absolute atomic E-state index is 11.6. The van der Waals surface area contributed by atoms with Crippen molar-refractivity contribution in [3.63, 3.8) is 0 Å². The number of carbonyl (C=O) groups is 2. The van der Waals surface area contributed by atoms with E-state index in [4.69, 9.17) is 0 Å². The van der Waals surface area contributed by atoms with Gasteiger partial charge in [0.25, 0.3) is 0 Å². The molecule has 3 amide bonds. The van der Waals surface area contributed by atoms with Crippen LogP contribution in [0.1, 0.15) is 19.4 Å². The average molecular weight is 263 g/mol. The molecule has 104 valence electrons. The predicted molar refractivity (Wildman–Crippen MR) is 76.0 cm³/mol. The van der Waals surface area contributed by atoms with Gasteiger partial charge in [0.2, 0.25) is 5.91 Å². The van der Waals surface area contributed by atoms with Crippen LogP contribution in [0.15, 0.2) is 24.3 Å². The highest BCUT2D eigenvalue weighted by Crippen LogP contribution is 2.08. The van der Waals surface area contributed by atoms with Crippen LogP contribution in [0.2, 0.25) is 0 Å². The number of benzene rings is 1. The summed E-state index contributed by atoms with van der Waals surface area (Å²) in [4.78, 5) is 22.8. The van der Waals surface area contributed by atoms with Gasteiger partial charge in [-0.05, 0) is 24.6 Å². The van der Waals surface area contributed by atoms with Crippen molar-refractivity contribution in [1.82, 2.24) is 10.6 Å². The standard InChI is InChI=1S/C14H21N3O2/c1-10(2)13(18)15-7-8-16-14(19)17-12-6-4-5-11(3)9-12/h4-6,9-10H,7-8H2,1-3H3,(H,15,18)(H2,16,17,19). The van der Waals surface area contributed by atoms with Crippen molar-refractivity contribution in [1.29, 1.82) is 0 Å². The molecule has 5 heteroatoms. The summed E-state index contributed by atoms with van der Waals surface area (Å²) >= 11 is 0. The van der Waals surface area contributed by atoms with Crippen molar-refractivity contribution >= 4 is 17.6 Å². The van der Waals surface area contributed by atoms with Crippen molar-refractivity contribution < 1.29 is 9.59 Å². The summed E-state index contributed by atoms with van der Waals surface area (Å²) in [6.07, 6.45) is 0. The molecule has 0 saturated carbocycles. The third-order valence-corrected chi connectivity index (χ3v) is 2.51. The van der Waals surface area contributed by atoms with Gasteiger partial charge in [-0.15, -0.1) is 0 Å². The fourth-order valence-electron chi connectivity index (χ4n) is 1.46. The minimum Gasteiger partial charge on any atom is -0.354 e. The van der Waals surface area contributed by atoms with E-state index in [1.807, 2.05) is 45.0 Å². The molecule has 1 aromatic carbocycles. The van der Waals surface area contributed by atoms with Crippen LogP contribution in [0, 0.1) is 12.8 Å². The van der Waals surface area contributed by atoms with Crippen LogP contribution in [0.25, 0.3) is 0 Å². The number of rotatable bonds is 5. The molecule has 0 aliphatic heterocycles. The highest BCUT2D eigenvalue weighted by Gasteiger charge is 2.05. The molecule has 0 saturated heterocycles. The zero-order valence-electron chi connectivity index (χ0n) is 11.6. The molecule has 0 aromatic heterocycles. The van der Waals surface area contributed by atoms with Crippen LogP contribution in [0.5, 0.6) is 0 Å². The van der Waals surface area contributed by atoms with Gasteiger partial charge in [0.15, 0.2) is 0 Å². The molecule has 0 spiro atoms. The number of amides is 3. The topological polar surface area (TPSA) is 70.2 Å². The third kappa shape index (κ3) is 5.90. The predicted octanol–water partition coefficient (Wildman–Crippen LogP) is 1.89. The minimum atomic E-state index is -0.274. The molecule has 0 heterocycles. The molecule has 0 unspecified atom stereocenters. The summed E-state index contributed by atoms with van der Waals surface area (Å²) in [6, 6.07) is 7.29. The van der Waals surface area contributed by atoms with Gasteiger partial charge in [-0.3, -0.25) is 4.79 Å². The van der Waals surface area contributed by atoms with E-state index < -0.39 is 0 Å². The van der Waals surface area contributed by atoms with Gasteiger partial charge in [0.1, 0.15) is 0 Å². The first-order valence-electron chi connectivity index (χ1n) is 6.38.